The molecule has 212 valence electrons. The number of nitrogens with two attached hydrogens (primary N) is 1. The molecule has 4 aromatic heterocycles. The monoisotopic (exact) mass is 565 g/mol. The van der Waals surface area contributed by atoms with E-state index in [1.54, 1.807) is 35.7 Å². The first-order valence-electron chi connectivity index (χ1n) is 13.1. The zero-order chi connectivity index (χ0) is 29.8. The van der Waals surface area contributed by atoms with Gasteiger partial charge in [0, 0.05) is 58.1 Å². The van der Waals surface area contributed by atoms with Gasteiger partial charge in [-0.3, -0.25) is 14.2 Å². The number of pyridine rings is 2. The van der Waals surface area contributed by atoms with Crippen molar-refractivity contribution in [3.8, 4) is 22.4 Å². The number of carboxylic acids is 1. The van der Waals surface area contributed by atoms with Crippen LogP contribution in [0.25, 0.3) is 38.9 Å². The number of para-hydroxylation sites is 1. The summed E-state index contributed by atoms with van der Waals surface area (Å²) in [6, 6.07) is 20.1. The molecule has 0 amide bonds. The Balaban J connectivity index is 0.00000113. The van der Waals surface area contributed by atoms with Gasteiger partial charge in [-0.2, -0.15) is 0 Å². The molecule has 0 aliphatic heterocycles. The Morgan fingerprint density at radius 1 is 1.07 bits per heavy atom. The predicted octanol–water partition coefficient (Wildman–Crippen LogP) is 5.50. The number of hydrogen-bond donors (Lipinski definition) is 4. The van der Waals surface area contributed by atoms with E-state index in [1.165, 1.54) is 12.3 Å². The number of aryl methyl sites for hydroxylation is 1. The Labute approximate surface area is 240 Å². The van der Waals surface area contributed by atoms with Crippen LogP contribution in [0.5, 0.6) is 0 Å². The molecule has 0 aliphatic carbocycles. The fourth-order valence-electron chi connectivity index (χ4n) is 5.29. The van der Waals surface area contributed by atoms with Gasteiger partial charge in [0.2, 0.25) is 0 Å². The summed E-state index contributed by atoms with van der Waals surface area (Å²) in [5.41, 5.74) is 13.7. The van der Waals surface area contributed by atoms with Crippen LogP contribution < -0.4 is 5.73 Å². The lowest BCUT2D eigenvalue weighted by molar-refractivity contribution is -0.122. The third kappa shape index (κ3) is 5.48. The molecule has 0 saturated heterocycles. The first-order valence-corrected chi connectivity index (χ1v) is 13.1. The van der Waals surface area contributed by atoms with Gasteiger partial charge in [0.15, 0.2) is 5.69 Å². The minimum atomic E-state index is -1.08. The molecule has 6 aromatic rings. The van der Waals surface area contributed by atoms with Gasteiger partial charge in [-0.1, -0.05) is 24.3 Å². The quantitative estimate of drug-likeness (QED) is 0.187. The number of aromatic nitrogens is 4. The number of hydrogen-bond acceptors (Lipinski definition) is 5. The van der Waals surface area contributed by atoms with Gasteiger partial charge in [0.1, 0.15) is 11.5 Å². The topological polar surface area (TPSA) is 147 Å². The molecule has 4 heterocycles. The maximum atomic E-state index is 14.1. The van der Waals surface area contributed by atoms with Crippen LogP contribution in [-0.2, 0) is 17.6 Å². The summed E-state index contributed by atoms with van der Waals surface area (Å²) in [6.07, 6.45) is 6.01. The van der Waals surface area contributed by atoms with Crippen molar-refractivity contribution >= 4 is 29.0 Å². The first-order chi connectivity index (χ1) is 20.3. The van der Waals surface area contributed by atoms with Crippen molar-refractivity contribution in [2.75, 3.05) is 0 Å². The molecule has 0 bridgehead atoms. The summed E-state index contributed by atoms with van der Waals surface area (Å²) in [5.74, 6) is -1.36. The normalized spacial score (nSPS) is 11.7. The van der Waals surface area contributed by atoms with E-state index >= 15 is 0 Å². The summed E-state index contributed by atoms with van der Waals surface area (Å²) in [6.45, 7) is 1.47. The first kappa shape index (κ1) is 28.2. The second-order valence-corrected chi connectivity index (χ2v) is 9.83. The molecule has 42 heavy (non-hydrogen) atoms. The summed E-state index contributed by atoms with van der Waals surface area (Å²) >= 11 is 0. The van der Waals surface area contributed by atoms with Gasteiger partial charge in [-0.05, 0) is 66.9 Å². The molecule has 2 aromatic carbocycles. The van der Waals surface area contributed by atoms with Gasteiger partial charge in [0.05, 0.1) is 11.9 Å². The molecule has 1 unspecified atom stereocenters. The van der Waals surface area contributed by atoms with Crippen molar-refractivity contribution in [1.29, 1.82) is 0 Å². The van der Waals surface area contributed by atoms with Crippen LogP contribution in [-0.4, -0.2) is 48.0 Å². The Morgan fingerprint density at radius 2 is 1.86 bits per heavy atom. The Bertz CT molecular complexity index is 1910. The Morgan fingerprint density at radius 3 is 2.62 bits per heavy atom. The lowest BCUT2D eigenvalue weighted by atomic mass is 9.93. The number of benzene rings is 2. The van der Waals surface area contributed by atoms with Crippen LogP contribution >= 0.6 is 0 Å². The van der Waals surface area contributed by atoms with Gasteiger partial charge in [-0.15, -0.1) is 0 Å². The number of aromatic carboxylic acids is 1. The molecule has 0 spiro atoms. The van der Waals surface area contributed by atoms with Gasteiger partial charge in [0.25, 0.3) is 6.47 Å². The van der Waals surface area contributed by atoms with E-state index in [-0.39, 0.29) is 24.0 Å². The van der Waals surface area contributed by atoms with Crippen molar-refractivity contribution < 1.29 is 24.2 Å². The van der Waals surface area contributed by atoms with Crippen molar-refractivity contribution in [1.82, 2.24) is 19.4 Å². The number of rotatable bonds is 7. The molecule has 0 radical (unpaired) electrons. The smallest absolute Gasteiger partial charge is 0.354 e. The van der Waals surface area contributed by atoms with Gasteiger partial charge < -0.3 is 20.9 Å². The highest BCUT2D eigenvalue weighted by molar-refractivity contribution is 5.88. The minimum absolute atomic E-state index is 0.0595. The van der Waals surface area contributed by atoms with Crippen molar-refractivity contribution in [2.45, 2.75) is 25.8 Å². The standard InChI is InChI=1S/C31H26FN5O2.CH2O2/c1-18-13-19(8-10-25(18)32)30-24(6-4-12-34-30)23-9-11-29-36-17-28(31(38)39)37(29)27(23)15-21(33)14-20-16-35-26-7-3-2-5-22(20)26;2-1-3/h2-13,16-17,21,35H,14-15,33H2,1H3,(H,38,39);1H,(H,2,3). The fraction of sp³-hybridized carbons (Fsp3) is 0.125. The second kappa shape index (κ2) is 12.0. The molecule has 5 N–H and O–H groups in total. The van der Waals surface area contributed by atoms with Crippen LogP contribution in [0.2, 0.25) is 0 Å². The van der Waals surface area contributed by atoms with Crippen molar-refractivity contribution in [3.63, 3.8) is 0 Å². The van der Waals surface area contributed by atoms with E-state index in [0.29, 0.717) is 29.7 Å². The lowest BCUT2D eigenvalue weighted by Crippen LogP contribution is -2.27. The second-order valence-electron chi connectivity index (χ2n) is 9.83. The Kier molecular flexibility index (Phi) is 8.07. The number of nitrogens with one attached hydrogen (secondary N) is 1. The SMILES string of the molecule is Cc1cc(-c2ncccc2-c2ccc3ncc(C(=O)O)n3c2CC(N)Cc2c[nH]c3ccccc23)ccc1F.O=CO. The number of fused-ring (bicyclic) bond motifs is 2. The van der Waals surface area contributed by atoms with Gasteiger partial charge >= 0.3 is 5.97 Å². The van der Waals surface area contributed by atoms with Crippen LogP contribution in [0.1, 0.15) is 27.3 Å². The van der Waals surface area contributed by atoms with E-state index in [4.69, 9.17) is 15.6 Å². The van der Waals surface area contributed by atoms with E-state index in [0.717, 1.165) is 38.9 Å². The molecule has 9 nitrogen and oxygen atoms in total. The highest BCUT2D eigenvalue weighted by Gasteiger charge is 2.22. The molecule has 10 heteroatoms. The Hall–Kier alpha value is -5.35. The number of carboxylic acid groups (broad SMARTS) is 2. The van der Waals surface area contributed by atoms with Gasteiger partial charge in [-0.25, -0.2) is 14.2 Å². The average molecular weight is 566 g/mol. The zero-order valence-electron chi connectivity index (χ0n) is 22.7. The number of nitrogens with zero attached hydrogens (tertiary/aromatic N) is 3. The number of aromatic amines is 1. The summed E-state index contributed by atoms with van der Waals surface area (Å²) < 4.78 is 15.7. The minimum Gasteiger partial charge on any atom is -0.483 e. The molecule has 1 atom stereocenters. The van der Waals surface area contributed by atoms with E-state index in [1.807, 2.05) is 42.6 Å². The maximum Gasteiger partial charge on any atom is 0.354 e. The zero-order valence-corrected chi connectivity index (χ0v) is 22.7. The largest absolute Gasteiger partial charge is 0.483 e. The third-order valence-electron chi connectivity index (χ3n) is 7.13. The van der Waals surface area contributed by atoms with E-state index in [2.05, 4.69) is 21.0 Å². The number of imidazole rings is 1. The van der Waals surface area contributed by atoms with Crippen molar-refractivity contribution in [2.24, 2.45) is 5.73 Å². The summed E-state index contributed by atoms with van der Waals surface area (Å²) in [5, 5.41) is 18.0. The van der Waals surface area contributed by atoms with Crippen LogP contribution in [0.15, 0.2) is 85.3 Å². The predicted molar refractivity (Wildman–Crippen MR) is 158 cm³/mol. The summed E-state index contributed by atoms with van der Waals surface area (Å²) in [7, 11) is 0. The lowest BCUT2D eigenvalue weighted by Gasteiger charge is -2.19. The maximum absolute atomic E-state index is 14.1. The molecule has 6 rings (SSSR count). The average Bonchev–Trinajstić information content (AvgIpc) is 3.60. The van der Waals surface area contributed by atoms with Crippen LogP contribution in [0.4, 0.5) is 4.39 Å². The third-order valence-corrected chi connectivity index (χ3v) is 7.13. The number of carbonyl (C=O) groups is 2. The van der Waals surface area contributed by atoms with E-state index in [9.17, 15) is 14.3 Å². The van der Waals surface area contributed by atoms with Crippen LogP contribution in [0, 0.1) is 12.7 Å². The molecular formula is C32H28FN5O4. The van der Waals surface area contributed by atoms with Crippen LogP contribution in [0.3, 0.4) is 0 Å². The highest BCUT2D eigenvalue weighted by Crippen LogP contribution is 2.35. The number of H-pyrrole nitrogens is 1. The fourth-order valence-corrected chi connectivity index (χ4v) is 5.29. The highest BCUT2D eigenvalue weighted by atomic mass is 19.1. The molecule has 0 saturated carbocycles. The molecule has 0 aliphatic rings. The van der Waals surface area contributed by atoms with Crippen molar-refractivity contribution in [3.05, 3.63) is 114 Å². The molecule has 0 fully saturated rings. The summed E-state index contributed by atoms with van der Waals surface area (Å²) in [4.78, 5) is 32.8. The number of halogens is 1. The molecular weight excluding hydrogens is 537 g/mol. The van der Waals surface area contributed by atoms with E-state index < -0.39 is 5.97 Å².